The molecule has 2 aliphatic carbocycles. The highest BCUT2D eigenvalue weighted by Gasteiger charge is 2.27. The highest BCUT2D eigenvalue weighted by molar-refractivity contribution is 5.84. The Balaban J connectivity index is 1.37. The Hall–Kier alpha value is -1.35. The van der Waals surface area contributed by atoms with Crippen LogP contribution in [0.3, 0.4) is 0 Å². The first kappa shape index (κ1) is 14.6. The number of rotatable bonds is 6. The fourth-order valence-corrected chi connectivity index (χ4v) is 3.54. The van der Waals surface area contributed by atoms with E-state index in [1.807, 2.05) is 6.07 Å². The smallest absolute Gasteiger partial charge is 0.227 e. The number of fused-ring (bicyclic) bond motifs is 1. The number of carbonyl (C=O) groups excluding carboxylic acids is 1. The SMILES string of the molecule is O=C(NCCCOC1CCCC1)[C@@H]1CCc2ccccc21. The summed E-state index contributed by atoms with van der Waals surface area (Å²) in [6.45, 7) is 1.50. The van der Waals surface area contributed by atoms with Crippen LogP contribution in [0.2, 0.25) is 0 Å². The minimum absolute atomic E-state index is 0.0527. The molecule has 21 heavy (non-hydrogen) atoms. The number of hydrogen-bond acceptors (Lipinski definition) is 2. The van der Waals surface area contributed by atoms with Gasteiger partial charge in [-0.25, -0.2) is 0 Å². The fourth-order valence-electron chi connectivity index (χ4n) is 3.54. The van der Waals surface area contributed by atoms with E-state index in [1.165, 1.54) is 36.8 Å². The van der Waals surface area contributed by atoms with Crippen molar-refractivity contribution in [3.63, 3.8) is 0 Å². The molecule has 0 heterocycles. The molecule has 0 aromatic heterocycles. The first-order valence-electron chi connectivity index (χ1n) is 8.32. The number of carbonyl (C=O) groups is 1. The van der Waals surface area contributed by atoms with Crippen molar-refractivity contribution < 1.29 is 9.53 Å². The molecule has 3 heteroatoms. The first-order valence-corrected chi connectivity index (χ1v) is 8.32. The number of ether oxygens (including phenoxy) is 1. The van der Waals surface area contributed by atoms with Crippen LogP contribution in [0.25, 0.3) is 0 Å². The molecule has 0 bridgehead atoms. The molecule has 2 aliphatic rings. The number of nitrogens with one attached hydrogen (secondary N) is 1. The average Bonchev–Trinajstić information content (AvgIpc) is 3.16. The van der Waals surface area contributed by atoms with E-state index in [2.05, 4.69) is 23.5 Å². The summed E-state index contributed by atoms with van der Waals surface area (Å²) in [5.74, 6) is 0.234. The van der Waals surface area contributed by atoms with Gasteiger partial charge in [-0.05, 0) is 43.2 Å². The second kappa shape index (κ2) is 7.08. The highest BCUT2D eigenvalue weighted by atomic mass is 16.5. The number of hydrogen-bond donors (Lipinski definition) is 1. The Morgan fingerprint density at radius 2 is 2.00 bits per heavy atom. The Labute approximate surface area is 127 Å². The van der Waals surface area contributed by atoms with Gasteiger partial charge >= 0.3 is 0 Å². The largest absolute Gasteiger partial charge is 0.378 e. The minimum atomic E-state index is 0.0527. The molecule has 1 atom stereocenters. The van der Waals surface area contributed by atoms with E-state index >= 15 is 0 Å². The molecule has 0 spiro atoms. The van der Waals surface area contributed by atoms with Crippen LogP contribution in [-0.4, -0.2) is 25.2 Å². The summed E-state index contributed by atoms with van der Waals surface area (Å²) in [5.41, 5.74) is 2.56. The zero-order valence-corrected chi connectivity index (χ0v) is 12.6. The van der Waals surface area contributed by atoms with Gasteiger partial charge in [0.1, 0.15) is 0 Å². The monoisotopic (exact) mass is 287 g/mol. The topological polar surface area (TPSA) is 38.3 Å². The van der Waals surface area contributed by atoms with Crippen LogP contribution in [0.5, 0.6) is 0 Å². The molecular formula is C18H25NO2. The predicted molar refractivity (Wildman–Crippen MR) is 83.3 cm³/mol. The van der Waals surface area contributed by atoms with Crippen molar-refractivity contribution in [1.29, 1.82) is 0 Å². The van der Waals surface area contributed by atoms with Crippen LogP contribution in [0.15, 0.2) is 24.3 Å². The maximum absolute atomic E-state index is 12.3. The second-order valence-corrected chi connectivity index (χ2v) is 6.21. The van der Waals surface area contributed by atoms with Gasteiger partial charge in [-0.15, -0.1) is 0 Å². The van der Waals surface area contributed by atoms with Gasteiger partial charge in [0.25, 0.3) is 0 Å². The van der Waals surface area contributed by atoms with Crippen molar-refractivity contribution in [1.82, 2.24) is 5.32 Å². The van der Waals surface area contributed by atoms with Crippen molar-refractivity contribution in [3.8, 4) is 0 Å². The number of aryl methyl sites for hydroxylation is 1. The van der Waals surface area contributed by atoms with Crippen LogP contribution in [0, 0.1) is 0 Å². The molecule has 3 rings (SSSR count). The Morgan fingerprint density at radius 3 is 2.86 bits per heavy atom. The van der Waals surface area contributed by atoms with E-state index < -0.39 is 0 Å². The molecule has 1 fully saturated rings. The van der Waals surface area contributed by atoms with Gasteiger partial charge < -0.3 is 10.1 Å². The summed E-state index contributed by atoms with van der Waals surface area (Å²) in [6, 6.07) is 8.31. The normalized spacial score (nSPS) is 21.4. The van der Waals surface area contributed by atoms with Crippen LogP contribution in [0.4, 0.5) is 0 Å². The van der Waals surface area contributed by atoms with Crippen molar-refractivity contribution in [3.05, 3.63) is 35.4 Å². The van der Waals surface area contributed by atoms with Gasteiger partial charge in [0.2, 0.25) is 5.91 Å². The van der Waals surface area contributed by atoms with Gasteiger partial charge in [0.15, 0.2) is 0 Å². The molecule has 1 saturated carbocycles. The number of amides is 1. The number of benzene rings is 1. The van der Waals surface area contributed by atoms with Crippen LogP contribution in [-0.2, 0) is 16.0 Å². The summed E-state index contributed by atoms with van der Waals surface area (Å²) >= 11 is 0. The summed E-state index contributed by atoms with van der Waals surface area (Å²) in [7, 11) is 0. The van der Waals surface area contributed by atoms with E-state index in [-0.39, 0.29) is 11.8 Å². The predicted octanol–water partition coefficient (Wildman–Crippen LogP) is 3.18. The summed E-state index contributed by atoms with van der Waals surface area (Å²) < 4.78 is 5.82. The van der Waals surface area contributed by atoms with E-state index in [0.29, 0.717) is 6.10 Å². The molecule has 1 amide bonds. The molecule has 0 unspecified atom stereocenters. The lowest BCUT2D eigenvalue weighted by Crippen LogP contribution is -2.30. The Bertz CT molecular complexity index is 480. The van der Waals surface area contributed by atoms with E-state index in [9.17, 15) is 4.79 Å². The van der Waals surface area contributed by atoms with Crippen molar-refractivity contribution in [2.45, 2.75) is 57.0 Å². The van der Waals surface area contributed by atoms with Gasteiger partial charge in [-0.3, -0.25) is 4.79 Å². The van der Waals surface area contributed by atoms with E-state index in [4.69, 9.17) is 4.74 Å². The molecule has 1 aromatic carbocycles. The summed E-state index contributed by atoms with van der Waals surface area (Å²) in [4.78, 5) is 12.3. The highest BCUT2D eigenvalue weighted by Crippen LogP contribution is 2.32. The Morgan fingerprint density at radius 1 is 1.19 bits per heavy atom. The minimum Gasteiger partial charge on any atom is -0.378 e. The first-order chi connectivity index (χ1) is 10.3. The molecule has 114 valence electrons. The summed E-state index contributed by atoms with van der Waals surface area (Å²) in [6.07, 6.45) is 8.41. The zero-order valence-electron chi connectivity index (χ0n) is 12.6. The van der Waals surface area contributed by atoms with E-state index in [0.717, 1.165) is 32.4 Å². The van der Waals surface area contributed by atoms with Gasteiger partial charge in [-0.2, -0.15) is 0 Å². The molecule has 0 saturated heterocycles. The fraction of sp³-hybridized carbons (Fsp3) is 0.611. The standard InChI is InChI=1S/C18H25NO2/c20-18(17-11-10-14-6-1-4-9-16(14)17)19-12-5-13-21-15-7-2-3-8-15/h1,4,6,9,15,17H,2-3,5,7-8,10-13H2,(H,19,20)/t17-/m1/s1. The van der Waals surface area contributed by atoms with E-state index in [1.54, 1.807) is 0 Å². The lowest BCUT2D eigenvalue weighted by molar-refractivity contribution is -0.122. The second-order valence-electron chi connectivity index (χ2n) is 6.21. The van der Waals surface area contributed by atoms with Crippen LogP contribution >= 0.6 is 0 Å². The quantitative estimate of drug-likeness (QED) is 0.816. The van der Waals surface area contributed by atoms with Crippen molar-refractivity contribution in [2.75, 3.05) is 13.2 Å². The lowest BCUT2D eigenvalue weighted by Gasteiger charge is -2.13. The van der Waals surface area contributed by atoms with Crippen LogP contribution in [0.1, 0.15) is 55.6 Å². The lowest BCUT2D eigenvalue weighted by atomic mass is 10.0. The maximum atomic E-state index is 12.3. The summed E-state index contributed by atoms with van der Waals surface area (Å²) in [5, 5.41) is 3.07. The van der Waals surface area contributed by atoms with Crippen molar-refractivity contribution >= 4 is 5.91 Å². The molecule has 0 radical (unpaired) electrons. The van der Waals surface area contributed by atoms with Gasteiger partial charge in [0, 0.05) is 13.2 Å². The molecule has 1 aromatic rings. The maximum Gasteiger partial charge on any atom is 0.227 e. The van der Waals surface area contributed by atoms with Gasteiger partial charge in [0.05, 0.1) is 12.0 Å². The zero-order chi connectivity index (χ0) is 14.5. The van der Waals surface area contributed by atoms with Crippen LogP contribution < -0.4 is 5.32 Å². The molecule has 0 aliphatic heterocycles. The Kier molecular flexibility index (Phi) is 4.91. The average molecular weight is 287 g/mol. The molecule has 3 nitrogen and oxygen atoms in total. The van der Waals surface area contributed by atoms with Crippen molar-refractivity contribution in [2.24, 2.45) is 0 Å². The molecular weight excluding hydrogens is 262 g/mol. The molecule has 1 N–H and O–H groups in total. The van der Waals surface area contributed by atoms with Gasteiger partial charge in [-0.1, -0.05) is 37.1 Å². The third kappa shape index (κ3) is 3.65. The third-order valence-corrected chi connectivity index (χ3v) is 4.73. The third-order valence-electron chi connectivity index (χ3n) is 4.73.